The zero-order valence-electron chi connectivity index (χ0n) is 79.3. The molecular weight excluding hydrogens is 1580 g/mol. The van der Waals surface area contributed by atoms with E-state index >= 15 is 0 Å². The van der Waals surface area contributed by atoms with Crippen molar-refractivity contribution in [2.75, 3.05) is 124 Å². The number of carbonyl (C=O) groups excluding carboxylic acids is 4. The van der Waals surface area contributed by atoms with Crippen LogP contribution in [0.25, 0.3) is 0 Å². The van der Waals surface area contributed by atoms with Crippen molar-refractivity contribution in [2.24, 2.45) is 82.7 Å². The summed E-state index contributed by atoms with van der Waals surface area (Å²) in [5.74, 6) is 7.06. The number of hydrogen-bond donors (Lipinski definition) is 6. The molecule has 0 aromatic heterocycles. The molecule has 7 heterocycles. The number of ether oxygens (including phenoxy) is 3. The van der Waals surface area contributed by atoms with Gasteiger partial charge in [0.25, 0.3) is 0 Å². The Kier molecular flexibility index (Phi) is 53.3. The molecule has 25 heteroatoms. The number of nitriles is 2. The Bertz CT molecular complexity index is 3710. The summed E-state index contributed by atoms with van der Waals surface area (Å²) in [7, 11) is 1.97. The second-order valence-corrected chi connectivity index (χ2v) is 38.4. The van der Waals surface area contributed by atoms with Gasteiger partial charge in [-0.05, 0) is 247 Å². The standard InChI is InChI=1S/C19H30N2O2.C14H22N2.2C14H18N2.C13H17NO.2C12H24N2O2.C2H5B2O3.CH4/c1-15-13-21(14-16-8-6-5-7-9-16)11-10-17(15)12-20-18(22)23-19(2,3)4;3*1-12-10-16(8-7-14(12)9-15)11-13-5-3-2-4-6-13;1-11-9-14(8-7-13(11)15)10-12-5-3-2-4-6-12;2*1-9-7-13-6-5-10(9)8-14-11(15)16-12(2,3)4;1-3-7-6-2-4-5;/h5-9,15,17H,10-14H2,1-4H3,(H,20,22);2-6,12,14H,7-11,15H2,1H3;2*2-6,12,14H,7-8,10-11H2,1H3;2-6,11H,7-10H2,1H3;2*9-10,13H,5-8H2,1-4H3,(H,14,15);2H2,1H3;1H4/t15-,17?;2*12-,14?;12-,14-;;9-,10?;9-,10-;;/m1111.11../s1. The zero-order chi connectivity index (χ0) is 91.6. The molecule has 0 saturated carbocycles. The van der Waals surface area contributed by atoms with Crippen molar-refractivity contribution in [3.8, 4) is 12.1 Å². The summed E-state index contributed by atoms with van der Waals surface area (Å²) >= 11 is 0. The molecule has 7 fully saturated rings. The van der Waals surface area contributed by atoms with Gasteiger partial charge in [0.05, 0.1) is 24.0 Å². The molecule has 697 valence electrons. The summed E-state index contributed by atoms with van der Waals surface area (Å²) in [5, 5.41) is 33.3. The number of likely N-dealkylation sites (tertiary alicyclic amines) is 5. The van der Waals surface area contributed by atoms with Crippen molar-refractivity contribution in [2.45, 2.75) is 220 Å². The third kappa shape index (κ3) is 47.9. The van der Waals surface area contributed by atoms with Crippen LogP contribution in [-0.2, 0) is 66.1 Å². The van der Waals surface area contributed by atoms with Gasteiger partial charge in [-0.2, -0.15) is 10.5 Å². The number of piperidine rings is 7. The molecule has 12 rings (SSSR count). The van der Waals surface area contributed by atoms with E-state index in [0.717, 1.165) is 175 Å². The molecule has 5 aromatic rings. The van der Waals surface area contributed by atoms with Gasteiger partial charge in [-0.1, -0.05) is 208 Å². The number of carbonyl (C=O) groups is 4. The first-order valence-corrected chi connectivity index (χ1v) is 46.3. The second-order valence-electron chi connectivity index (χ2n) is 38.4. The van der Waals surface area contributed by atoms with Gasteiger partial charge < -0.3 is 46.5 Å². The van der Waals surface area contributed by atoms with E-state index in [1.807, 2.05) is 87.4 Å². The molecule has 23 nitrogen and oxygen atoms in total. The maximum Gasteiger partial charge on any atom is 0.407 e. The van der Waals surface area contributed by atoms with Crippen molar-refractivity contribution in [1.29, 1.82) is 10.5 Å². The van der Waals surface area contributed by atoms with Gasteiger partial charge in [0, 0.05) is 104 Å². The second kappa shape index (κ2) is 60.8. The average molecular weight is 1740 g/mol. The summed E-state index contributed by atoms with van der Waals surface area (Å²) in [4.78, 5) is 66.8. The molecule has 7 aliphatic rings. The number of Topliss-reactive ketones (excluding diaryl/α,β-unsaturated/α-hetero) is 1. The van der Waals surface area contributed by atoms with Gasteiger partial charge in [0.2, 0.25) is 0 Å². The van der Waals surface area contributed by atoms with Crippen LogP contribution in [0.5, 0.6) is 0 Å². The molecule has 7 saturated heterocycles. The summed E-state index contributed by atoms with van der Waals surface area (Å²) in [6.45, 7) is 56.8. The van der Waals surface area contributed by atoms with Crippen molar-refractivity contribution < 1.29 is 47.8 Å². The fourth-order valence-corrected chi connectivity index (χ4v) is 16.5. The van der Waals surface area contributed by atoms with Crippen molar-refractivity contribution in [3.05, 3.63) is 179 Å². The smallest absolute Gasteiger partial charge is 0.407 e. The number of ketones is 1. The van der Waals surface area contributed by atoms with Gasteiger partial charge in [0.15, 0.2) is 0 Å². The summed E-state index contributed by atoms with van der Waals surface area (Å²) in [5.41, 5.74) is 11.4. The van der Waals surface area contributed by atoms with Crippen LogP contribution in [0.4, 0.5) is 14.4 Å². The Morgan fingerprint density at radius 1 is 0.437 bits per heavy atom. The van der Waals surface area contributed by atoms with Gasteiger partial charge in [-0.15, -0.1) is 0 Å². The molecule has 0 bridgehead atoms. The molecule has 1 radical (unpaired) electrons. The molecule has 5 aromatic carbocycles. The van der Waals surface area contributed by atoms with Crippen LogP contribution >= 0.6 is 0 Å². The van der Waals surface area contributed by atoms with Gasteiger partial charge in [-0.3, -0.25) is 29.3 Å². The van der Waals surface area contributed by atoms with Gasteiger partial charge >= 0.3 is 60.6 Å². The monoisotopic (exact) mass is 1740 g/mol. The number of benzene rings is 5. The van der Waals surface area contributed by atoms with Crippen molar-refractivity contribution in [1.82, 2.24) is 51.1 Å². The molecular formula is C101H162B2N13O10. The Morgan fingerprint density at radius 3 is 0.992 bits per heavy atom. The van der Waals surface area contributed by atoms with E-state index in [1.165, 1.54) is 54.8 Å². The van der Waals surface area contributed by atoms with Crippen LogP contribution in [0.2, 0.25) is 6.82 Å². The van der Waals surface area contributed by atoms with E-state index in [-0.39, 0.29) is 50.0 Å². The molecule has 0 spiro atoms. The van der Waals surface area contributed by atoms with E-state index < -0.39 is 16.8 Å². The van der Waals surface area contributed by atoms with Crippen LogP contribution in [-0.4, -0.2) is 204 Å². The SMILES string of the molecule is C.CC1CN(Cc2ccccc2)CCC1=O.C[B]OOCB=O.C[C@@H]1CN(Cc2ccccc2)CCC1C#N.C[C@@H]1CN(Cc2ccccc2)CCC1CN.C[C@@H]1CN(Cc2ccccc2)CCC1CNC(=O)OC(C)(C)C.C[C@@H]1CN(Cc2ccccc2)CC[C@@H]1C#N.C[C@@H]1CNCCC1CNC(=O)OC(C)(C)C.C[C@@H]1CNCC[C@@H]1CNC(=O)OC(C)(C)C. The predicted octanol–water partition coefficient (Wildman–Crippen LogP) is 17.0. The van der Waals surface area contributed by atoms with E-state index in [0.29, 0.717) is 73.2 Å². The number of hydrogen-bond acceptors (Lipinski definition) is 20. The molecule has 0 aliphatic carbocycles. The Morgan fingerprint density at radius 2 is 0.730 bits per heavy atom. The summed E-state index contributed by atoms with van der Waals surface area (Å²) < 4.78 is 25.2. The third-order valence-electron chi connectivity index (χ3n) is 23.9. The normalized spacial score (nSPS) is 24.0. The Hall–Kier alpha value is -7.91. The Labute approximate surface area is 762 Å². The fourth-order valence-electron chi connectivity index (χ4n) is 16.5. The van der Waals surface area contributed by atoms with Crippen LogP contribution in [0.3, 0.4) is 0 Å². The quantitative estimate of drug-likeness (QED) is 0.0131. The van der Waals surface area contributed by atoms with Crippen LogP contribution in [0.15, 0.2) is 152 Å². The number of nitrogens with one attached hydrogen (secondary N) is 5. The maximum absolute atomic E-state index is 11.8. The fraction of sp³-hybridized carbons (Fsp3) is 0.644. The Balaban J connectivity index is 0.000000305. The molecule has 5 unspecified atom stereocenters. The molecule has 7 aliphatic heterocycles. The van der Waals surface area contributed by atoms with Crippen molar-refractivity contribution >= 4 is 38.7 Å². The summed E-state index contributed by atoms with van der Waals surface area (Å²) in [6.07, 6.45) is 6.44. The van der Waals surface area contributed by atoms with E-state index in [1.54, 1.807) is 6.82 Å². The van der Waals surface area contributed by atoms with Crippen molar-refractivity contribution in [3.63, 3.8) is 0 Å². The zero-order valence-corrected chi connectivity index (χ0v) is 79.3. The predicted molar refractivity (Wildman–Crippen MR) is 512 cm³/mol. The first-order valence-electron chi connectivity index (χ1n) is 46.3. The van der Waals surface area contributed by atoms with E-state index in [2.05, 4.69) is 248 Å². The molecule has 3 amide bonds. The molecule has 13 atom stereocenters. The van der Waals surface area contributed by atoms with Gasteiger partial charge in [-0.25, -0.2) is 14.4 Å². The van der Waals surface area contributed by atoms with Crippen LogP contribution in [0.1, 0.15) is 191 Å². The molecule has 7 N–H and O–H groups in total. The molecule has 126 heavy (non-hydrogen) atoms. The minimum absolute atomic E-state index is 0. The minimum atomic E-state index is -0.436. The number of amides is 3. The summed E-state index contributed by atoms with van der Waals surface area (Å²) in [6, 6.07) is 57.7. The first kappa shape index (κ1) is 110. The van der Waals surface area contributed by atoms with E-state index in [9.17, 15) is 23.9 Å². The largest absolute Gasteiger partial charge is 0.444 e. The van der Waals surface area contributed by atoms with Crippen LogP contribution in [0, 0.1) is 99.6 Å². The van der Waals surface area contributed by atoms with Crippen LogP contribution < -0.4 is 32.3 Å². The minimum Gasteiger partial charge on any atom is -0.444 e. The number of nitrogens with zero attached hydrogens (tertiary/aromatic N) is 7. The maximum atomic E-state index is 11.8. The number of rotatable bonds is 21. The number of nitrogens with two attached hydrogens (primary N) is 1. The van der Waals surface area contributed by atoms with E-state index in [4.69, 9.17) is 30.5 Å². The first-order chi connectivity index (χ1) is 59.6. The third-order valence-corrected chi connectivity index (χ3v) is 23.9. The van der Waals surface area contributed by atoms with Gasteiger partial charge in [0.1, 0.15) is 22.6 Å². The number of alkyl carbamates (subject to hydrolysis) is 3. The topological polar surface area (TPSA) is 281 Å². The average Bonchev–Trinajstić information content (AvgIpc) is 0.867.